The van der Waals surface area contributed by atoms with Crippen molar-refractivity contribution in [3.8, 4) is 0 Å². The molecule has 0 amide bonds. The van der Waals surface area contributed by atoms with Gasteiger partial charge < -0.3 is 4.90 Å². The van der Waals surface area contributed by atoms with Crippen LogP contribution in [0.2, 0.25) is 0 Å². The third-order valence-corrected chi connectivity index (χ3v) is 7.02. The minimum atomic E-state index is -0.251. The van der Waals surface area contributed by atoms with E-state index in [1.807, 2.05) is 48.5 Å². The summed E-state index contributed by atoms with van der Waals surface area (Å²) < 4.78 is 27.0. The average molecular weight is 474 g/mol. The molecule has 0 aliphatic carbocycles. The molecule has 35 heavy (non-hydrogen) atoms. The number of amidine groups is 1. The summed E-state index contributed by atoms with van der Waals surface area (Å²) in [6, 6.07) is 21.0. The van der Waals surface area contributed by atoms with Gasteiger partial charge in [-0.25, -0.2) is 8.78 Å². The largest absolute Gasteiger partial charge is 0.354 e. The number of carbonyl (C=O) groups excluding carboxylic acids is 1. The number of rotatable bonds is 6. The van der Waals surface area contributed by atoms with E-state index in [-0.39, 0.29) is 29.9 Å². The van der Waals surface area contributed by atoms with E-state index in [0.29, 0.717) is 0 Å². The number of fused-ring (bicyclic) bond motifs is 1. The Morgan fingerprint density at radius 3 is 1.94 bits per heavy atom. The lowest BCUT2D eigenvalue weighted by Crippen LogP contribution is -2.50. The van der Waals surface area contributed by atoms with Crippen molar-refractivity contribution in [1.29, 1.82) is 0 Å². The van der Waals surface area contributed by atoms with Crippen molar-refractivity contribution in [3.05, 3.63) is 107 Å². The smallest absolute Gasteiger partial charge is 0.185 e. The maximum Gasteiger partial charge on any atom is 0.185 e. The summed E-state index contributed by atoms with van der Waals surface area (Å²) in [7, 11) is 0. The highest BCUT2D eigenvalue weighted by Crippen LogP contribution is 2.30. The van der Waals surface area contributed by atoms with Crippen LogP contribution >= 0.6 is 0 Å². The van der Waals surface area contributed by atoms with Crippen LogP contribution in [-0.4, -0.2) is 60.7 Å². The Morgan fingerprint density at radius 1 is 0.771 bits per heavy atom. The second kappa shape index (κ2) is 10.5. The van der Waals surface area contributed by atoms with E-state index in [4.69, 9.17) is 0 Å². The molecule has 4 nitrogen and oxygen atoms in total. The quantitative estimate of drug-likeness (QED) is 0.498. The first-order chi connectivity index (χ1) is 17.1. The molecule has 0 spiro atoms. The van der Waals surface area contributed by atoms with Crippen molar-refractivity contribution in [2.75, 3.05) is 39.3 Å². The molecule has 5 rings (SSSR count). The number of nitrogens with zero attached hydrogens (tertiary/aromatic N) is 3. The number of Topliss-reactive ketones (excluding diaryl/α,β-unsaturated/α-hetero) is 1. The van der Waals surface area contributed by atoms with Crippen LogP contribution in [0.4, 0.5) is 8.78 Å². The summed E-state index contributed by atoms with van der Waals surface area (Å²) in [6.07, 6.45) is 1.89. The molecule has 0 radical (unpaired) electrons. The summed E-state index contributed by atoms with van der Waals surface area (Å²) in [4.78, 5) is 21.5. The van der Waals surface area contributed by atoms with Crippen LogP contribution in [0.15, 0.2) is 77.8 Å². The molecule has 0 unspecified atom stereocenters. The average Bonchev–Trinajstić information content (AvgIpc) is 2.89. The van der Waals surface area contributed by atoms with Crippen molar-refractivity contribution < 1.29 is 13.6 Å². The van der Waals surface area contributed by atoms with Gasteiger partial charge in [0.1, 0.15) is 24.0 Å². The molecule has 1 fully saturated rings. The van der Waals surface area contributed by atoms with E-state index in [2.05, 4.69) is 14.8 Å². The minimum absolute atomic E-state index is 0.0832. The molecule has 2 aliphatic heterocycles. The summed E-state index contributed by atoms with van der Waals surface area (Å²) in [5.41, 5.74) is 3.81. The van der Waals surface area contributed by atoms with Gasteiger partial charge in [-0.05, 0) is 54.8 Å². The van der Waals surface area contributed by atoms with E-state index in [1.165, 1.54) is 24.3 Å². The SMILES string of the molecule is O=C1CN=C(N2CCN(CCCC(c3ccc(F)cc3)c3ccc(F)cc3)CC2)c2ccccc21. The lowest BCUT2D eigenvalue weighted by atomic mass is 9.87. The normalized spacial score (nSPS) is 16.4. The van der Waals surface area contributed by atoms with Crippen molar-refractivity contribution in [2.45, 2.75) is 18.8 Å². The second-order valence-electron chi connectivity index (χ2n) is 9.24. The molecule has 2 aliphatic rings. The number of hydrogen-bond donors (Lipinski definition) is 0. The zero-order chi connectivity index (χ0) is 24.2. The highest BCUT2D eigenvalue weighted by atomic mass is 19.1. The summed E-state index contributed by atoms with van der Waals surface area (Å²) in [5, 5.41) is 0. The lowest BCUT2D eigenvalue weighted by molar-refractivity contribution is 0.0998. The zero-order valence-corrected chi connectivity index (χ0v) is 19.7. The van der Waals surface area contributed by atoms with Crippen molar-refractivity contribution in [3.63, 3.8) is 0 Å². The molecule has 2 heterocycles. The van der Waals surface area contributed by atoms with E-state index < -0.39 is 0 Å². The predicted molar refractivity (Wildman–Crippen MR) is 134 cm³/mol. The van der Waals surface area contributed by atoms with Gasteiger partial charge in [-0.2, -0.15) is 0 Å². The Hall–Kier alpha value is -3.38. The molecule has 0 atom stereocenters. The van der Waals surface area contributed by atoms with Crippen LogP contribution in [0, 0.1) is 11.6 Å². The Kier molecular flexibility index (Phi) is 7.00. The fourth-order valence-corrected chi connectivity index (χ4v) is 5.13. The van der Waals surface area contributed by atoms with Gasteiger partial charge >= 0.3 is 0 Å². The van der Waals surface area contributed by atoms with Crippen LogP contribution in [-0.2, 0) is 0 Å². The van der Waals surface area contributed by atoms with Gasteiger partial charge in [0.2, 0.25) is 0 Å². The number of piperazine rings is 1. The number of carbonyl (C=O) groups is 1. The maximum absolute atomic E-state index is 13.5. The molecule has 0 N–H and O–H groups in total. The molecule has 1 saturated heterocycles. The molecule has 3 aromatic carbocycles. The Balaban J connectivity index is 1.18. The second-order valence-corrected chi connectivity index (χ2v) is 9.24. The van der Waals surface area contributed by atoms with Gasteiger partial charge in [0.25, 0.3) is 0 Å². The lowest BCUT2D eigenvalue weighted by Gasteiger charge is -2.37. The van der Waals surface area contributed by atoms with E-state index in [9.17, 15) is 13.6 Å². The monoisotopic (exact) mass is 473 g/mol. The van der Waals surface area contributed by atoms with Crippen LogP contribution in [0.5, 0.6) is 0 Å². The van der Waals surface area contributed by atoms with Crippen LogP contribution < -0.4 is 0 Å². The molecular formula is C29H29F2N3O. The molecule has 0 saturated carbocycles. The topological polar surface area (TPSA) is 35.9 Å². The van der Waals surface area contributed by atoms with Crippen LogP contribution in [0.1, 0.15) is 45.8 Å². The number of aliphatic imine (C=N–C) groups is 1. The van der Waals surface area contributed by atoms with Crippen molar-refractivity contribution >= 4 is 11.6 Å². The fourth-order valence-electron chi connectivity index (χ4n) is 5.13. The maximum atomic E-state index is 13.5. The minimum Gasteiger partial charge on any atom is -0.354 e. The van der Waals surface area contributed by atoms with Gasteiger partial charge in [0, 0.05) is 43.2 Å². The van der Waals surface area contributed by atoms with Crippen LogP contribution in [0.25, 0.3) is 0 Å². The van der Waals surface area contributed by atoms with E-state index in [1.54, 1.807) is 0 Å². The van der Waals surface area contributed by atoms with Gasteiger partial charge in [0.15, 0.2) is 5.78 Å². The Morgan fingerprint density at radius 2 is 1.34 bits per heavy atom. The molecule has 180 valence electrons. The van der Waals surface area contributed by atoms with Gasteiger partial charge in [-0.1, -0.05) is 48.5 Å². The first-order valence-corrected chi connectivity index (χ1v) is 12.2. The first kappa shape index (κ1) is 23.4. The molecule has 0 bridgehead atoms. The highest BCUT2D eigenvalue weighted by Gasteiger charge is 2.26. The molecular weight excluding hydrogens is 444 g/mol. The third-order valence-electron chi connectivity index (χ3n) is 7.02. The summed E-state index contributed by atoms with van der Waals surface area (Å²) in [6.45, 7) is 4.82. The van der Waals surface area contributed by atoms with Crippen molar-refractivity contribution in [1.82, 2.24) is 9.80 Å². The number of ketones is 1. The zero-order valence-electron chi connectivity index (χ0n) is 19.7. The number of hydrogen-bond acceptors (Lipinski definition) is 4. The number of halogens is 2. The number of benzene rings is 3. The molecule has 6 heteroatoms. The Bertz CT molecular complexity index is 1150. The molecule has 3 aromatic rings. The predicted octanol–water partition coefficient (Wildman–Crippen LogP) is 5.14. The first-order valence-electron chi connectivity index (χ1n) is 12.2. The highest BCUT2D eigenvalue weighted by molar-refractivity contribution is 6.14. The van der Waals surface area contributed by atoms with E-state index in [0.717, 1.165) is 73.7 Å². The van der Waals surface area contributed by atoms with Gasteiger partial charge in [-0.3, -0.25) is 14.7 Å². The summed E-state index contributed by atoms with van der Waals surface area (Å²) >= 11 is 0. The molecule has 0 aromatic heterocycles. The van der Waals surface area contributed by atoms with E-state index >= 15 is 0 Å². The summed E-state index contributed by atoms with van der Waals surface area (Å²) in [5.74, 6) is 0.619. The Labute approximate surface area is 204 Å². The van der Waals surface area contributed by atoms with Gasteiger partial charge in [-0.15, -0.1) is 0 Å². The van der Waals surface area contributed by atoms with Gasteiger partial charge in [0.05, 0.1) is 0 Å². The standard InChI is InChI=1S/C29H29F2N3O/c30-23-11-7-21(8-12-23)25(22-9-13-24(31)14-10-22)6-3-15-33-16-18-34(19-17-33)29-27-5-2-1-4-26(27)28(35)20-32-29/h1-2,4-5,7-14,25H,3,6,15-20H2. The fraction of sp³-hybridized carbons (Fsp3) is 0.310. The van der Waals surface area contributed by atoms with Crippen LogP contribution in [0.3, 0.4) is 0 Å². The van der Waals surface area contributed by atoms with Crippen molar-refractivity contribution in [2.24, 2.45) is 4.99 Å². The third kappa shape index (κ3) is 5.33.